The minimum Gasteiger partial charge on any atom is -0.381 e. The third kappa shape index (κ3) is 3.35. The fraction of sp³-hybridized carbons (Fsp3) is 0.611. The number of carbonyl (C=O) groups is 1. The Morgan fingerprint density at radius 2 is 1.71 bits per heavy atom. The second-order valence-corrected chi connectivity index (χ2v) is 9.21. The molecule has 1 aromatic carbocycles. The molecule has 132 valence electrons. The summed E-state index contributed by atoms with van der Waals surface area (Å²) in [5.41, 5.74) is 0.515. The maximum absolute atomic E-state index is 13.4. The van der Waals surface area contributed by atoms with E-state index in [1.165, 1.54) is 6.26 Å². The van der Waals surface area contributed by atoms with Crippen LogP contribution in [0.5, 0.6) is 0 Å². The zero-order valence-corrected chi connectivity index (χ0v) is 14.9. The lowest BCUT2D eigenvalue weighted by atomic mass is 9.72. The van der Waals surface area contributed by atoms with Gasteiger partial charge in [-0.05, 0) is 31.2 Å². The molecule has 0 N–H and O–H groups in total. The number of rotatable bonds is 3. The van der Waals surface area contributed by atoms with Crippen molar-refractivity contribution >= 4 is 15.7 Å². The molecule has 2 aliphatic rings. The smallest absolute Gasteiger partial charge is 0.233 e. The van der Waals surface area contributed by atoms with Gasteiger partial charge in [-0.15, -0.1) is 0 Å². The van der Waals surface area contributed by atoms with Gasteiger partial charge in [0.1, 0.15) is 9.84 Å². The number of sulfone groups is 1. The van der Waals surface area contributed by atoms with E-state index in [1.807, 2.05) is 35.2 Å². The molecule has 2 fully saturated rings. The third-order valence-electron chi connectivity index (χ3n) is 5.42. The van der Waals surface area contributed by atoms with Crippen LogP contribution in [0.4, 0.5) is 0 Å². The molecule has 0 bridgehead atoms. The Bertz CT molecular complexity index is 672. The molecule has 3 rings (SSSR count). The summed E-state index contributed by atoms with van der Waals surface area (Å²) in [5.74, 6) is 0.129. The van der Waals surface area contributed by atoms with Gasteiger partial charge < -0.3 is 9.64 Å². The minimum absolute atomic E-state index is 0.129. The molecule has 24 heavy (non-hydrogen) atoms. The first-order chi connectivity index (χ1) is 11.4. The van der Waals surface area contributed by atoms with Crippen LogP contribution >= 0.6 is 0 Å². The molecule has 0 spiro atoms. The average molecular weight is 351 g/mol. The van der Waals surface area contributed by atoms with E-state index in [0.29, 0.717) is 52.0 Å². The molecule has 0 unspecified atom stereocenters. The zero-order valence-electron chi connectivity index (χ0n) is 14.1. The molecule has 0 radical (unpaired) electrons. The van der Waals surface area contributed by atoms with E-state index in [0.717, 1.165) is 5.56 Å². The summed E-state index contributed by atoms with van der Waals surface area (Å²) >= 11 is 0. The van der Waals surface area contributed by atoms with Crippen molar-refractivity contribution in [2.24, 2.45) is 0 Å². The van der Waals surface area contributed by atoms with Gasteiger partial charge in [0, 0.05) is 32.6 Å². The number of ether oxygens (including phenoxy) is 1. The first kappa shape index (κ1) is 17.4. The number of nitrogens with zero attached hydrogens (tertiary/aromatic N) is 1. The van der Waals surface area contributed by atoms with Crippen molar-refractivity contribution < 1.29 is 17.9 Å². The van der Waals surface area contributed by atoms with E-state index >= 15 is 0 Å². The molecule has 2 heterocycles. The van der Waals surface area contributed by atoms with Crippen molar-refractivity contribution in [3.8, 4) is 0 Å². The highest BCUT2D eigenvalue weighted by Crippen LogP contribution is 2.37. The Labute approximate surface area is 143 Å². The fourth-order valence-corrected chi connectivity index (χ4v) is 4.96. The summed E-state index contributed by atoms with van der Waals surface area (Å²) in [6.45, 7) is 2.21. The van der Waals surface area contributed by atoms with Gasteiger partial charge in [-0.25, -0.2) is 8.42 Å². The van der Waals surface area contributed by atoms with Gasteiger partial charge in [-0.2, -0.15) is 0 Å². The summed E-state index contributed by atoms with van der Waals surface area (Å²) in [5, 5.41) is -0.316. The summed E-state index contributed by atoms with van der Waals surface area (Å²) in [7, 11) is -3.03. The van der Waals surface area contributed by atoms with Crippen LogP contribution in [0, 0.1) is 0 Å². The van der Waals surface area contributed by atoms with Crippen LogP contribution < -0.4 is 0 Å². The summed E-state index contributed by atoms with van der Waals surface area (Å²) in [6.07, 6.45) is 3.72. The quantitative estimate of drug-likeness (QED) is 0.833. The van der Waals surface area contributed by atoms with Gasteiger partial charge in [0.25, 0.3) is 0 Å². The second kappa shape index (κ2) is 6.84. The van der Waals surface area contributed by atoms with Gasteiger partial charge in [-0.1, -0.05) is 30.3 Å². The summed E-state index contributed by atoms with van der Waals surface area (Å²) < 4.78 is 29.0. The molecule has 1 amide bonds. The number of hydrogen-bond donors (Lipinski definition) is 0. The second-order valence-electron chi connectivity index (χ2n) is 6.88. The number of hydrogen-bond acceptors (Lipinski definition) is 4. The Balaban J connectivity index is 1.81. The van der Waals surface area contributed by atoms with Crippen molar-refractivity contribution in [3.63, 3.8) is 0 Å². The van der Waals surface area contributed by atoms with Crippen LogP contribution in [0.25, 0.3) is 0 Å². The third-order valence-corrected chi connectivity index (χ3v) is 7.10. The van der Waals surface area contributed by atoms with Crippen LogP contribution in [-0.4, -0.2) is 57.0 Å². The van der Waals surface area contributed by atoms with Crippen LogP contribution in [0.1, 0.15) is 31.2 Å². The largest absolute Gasteiger partial charge is 0.381 e. The lowest BCUT2D eigenvalue weighted by Crippen LogP contribution is -2.53. The highest BCUT2D eigenvalue weighted by Gasteiger charge is 2.45. The van der Waals surface area contributed by atoms with E-state index < -0.39 is 15.3 Å². The first-order valence-electron chi connectivity index (χ1n) is 8.55. The Kier molecular flexibility index (Phi) is 4.97. The minimum atomic E-state index is -3.03. The van der Waals surface area contributed by atoms with Crippen molar-refractivity contribution in [1.82, 2.24) is 4.90 Å². The van der Waals surface area contributed by atoms with Crippen LogP contribution in [-0.2, 0) is 24.8 Å². The molecule has 1 aromatic rings. The Hall–Kier alpha value is -1.40. The van der Waals surface area contributed by atoms with Crippen molar-refractivity contribution in [2.75, 3.05) is 32.6 Å². The number of carbonyl (C=O) groups excluding carboxylic acids is 1. The predicted octanol–water partition coefficient (Wildman–Crippen LogP) is 1.77. The molecular formula is C18H25NO4S. The molecule has 0 saturated carbocycles. The first-order valence-corrected chi connectivity index (χ1v) is 10.5. The molecule has 0 aliphatic carbocycles. The molecular weight excluding hydrogens is 326 g/mol. The van der Waals surface area contributed by atoms with Crippen molar-refractivity contribution in [2.45, 2.75) is 36.3 Å². The predicted molar refractivity (Wildman–Crippen MR) is 92.6 cm³/mol. The highest BCUT2D eigenvalue weighted by molar-refractivity contribution is 7.91. The zero-order chi connectivity index (χ0) is 17.2. The van der Waals surface area contributed by atoms with Crippen LogP contribution in [0.3, 0.4) is 0 Å². The van der Waals surface area contributed by atoms with E-state index in [9.17, 15) is 13.2 Å². The van der Waals surface area contributed by atoms with Crippen molar-refractivity contribution in [1.29, 1.82) is 0 Å². The molecule has 5 nitrogen and oxygen atoms in total. The molecule has 2 saturated heterocycles. The molecule has 0 atom stereocenters. The lowest BCUT2D eigenvalue weighted by molar-refractivity contribution is -0.142. The maximum atomic E-state index is 13.4. The van der Waals surface area contributed by atoms with Gasteiger partial charge in [-0.3, -0.25) is 4.79 Å². The average Bonchev–Trinajstić information content (AvgIpc) is 2.62. The number of likely N-dealkylation sites (tertiary alicyclic amines) is 1. The lowest BCUT2D eigenvalue weighted by Gasteiger charge is -2.42. The molecule has 2 aliphatic heterocycles. The highest BCUT2D eigenvalue weighted by atomic mass is 32.2. The monoisotopic (exact) mass is 351 g/mol. The topological polar surface area (TPSA) is 63.7 Å². The maximum Gasteiger partial charge on any atom is 0.233 e. The molecule has 6 heteroatoms. The van der Waals surface area contributed by atoms with E-state index in [1.54, 1.807) is 0 Å². The van der Waals surface area contributed by atoms with Gasteiger partial charge in [0.15, 0.2) is 0 Å². The Morgan fingerprint density at radius 1 is 1.12 bits per heavy atom. The van der Waals surface area contributed by atoms with Gasteiger partial charge in [0.2, 0.25) is 5.91 Å². The number of benzene rings is 1. The molecule has 0 aromatic heterocycles. The van der Waals surface area contributed by atoms with Crippen molar-refractivity contribution in [3.05, 3.63) is 35.9 Å². The SMILES string of the molecule is CS(=O)(=O)C1CCN(C(=O)C2(c3ccccc3)CCOCC2)CC1. The van der Waals surface area contributed by atoms with Gasteiger partial charge >= 0.3 is 0 Å². The standard InChI is InChI=1S/C18H25NO4S/c1-24(21,22)16-7-11-19(12-8-16)17(20)18(9-13-23-14-10-18)15-5-3-2-4-6-15/h2-6,16H,7-14H2,1H3. The normalized spacial score (nSPS) is 22.3. The van der Waals surface area contributed by atoms with Crippen LogP contribution in [0.2, 0.25) is 0 Å². The number of piperidine rings is 1. The Morgan fingerprint density at radius 3 is 2.25 bits per heavy atom. The van der Waals surface area contributed by atoms with E-state index in [-0.39, 0.29) is 11.2 Å². The fourth-order valence-electron chi connectivity index (χ4n) is 3.89. The summed E-state index contributed by atoms with van der Waals surface area (Å²) in [4.78, 5) is 15.2. The van der Waals surface area contributed by atoms with Crippen LogP contribution in [0.15, 0.2) is 30.3 Å². The van der Waals surface area contributed by atoms with E-state index in [2.05, 4.69) is 0 Å². The number of amides is 1. The van der Waals surface area contributed by atoms with E-state index in [4.69, 9.17) is 4.74 Å². The summed E-state index contributed by atoms with van der Waals surface area (Å²) in [6, 6.07) is 9.93. The van der Waals surface area contributed by atoms with Gasteiger partial charge in [0.05, 0.1) is 10.7 Å².